The van der Waals surface area contributed by atoms with Crippen molar-refractivity contribution in [2.24, 2.45) is 5.92 Å². The molecule has 4 heteroatoms. The van der Waals surface area contributed by atoms with E-state index in [1.165, 1.54) is 31.0 Å². The third kappa shape index (κ3) is 3.51. The first-order chi connectivity index (χ1) is 8.68. The van der Waals surface area contributed by atoms with E-state index in [9.17, 15) is 9.90 Å². The summed E-state index contributed by atoms with van der Waals surface area (Å²) in [5, 5.41) is 9.13. The molecule has 1 saturated carbocycles. The maximum absolute atomic E-state index is 11.5. The van der Waals surface area contributed by atoms with Crippen LogP contribution in [0.3, 0.4) is 0 Å². The molecule has 0 bridgehead atoms. The molecule has 2 nitrogen and oxygen atoms in total. The number of carboxylic acids is 1. The maximum atomic E-state index is 11.5. The summed E-state index contributed by atoms with van der Waals surface area (Å²) in [5.41, 5.74) is 0. The highest BCUT2D eigenvalue weighted by atomic mass is 79.9. The van der Waals surface area contributed by atoms with Crippen molar-refractivity contribution in [3.63, 3.8) is 0 Å². The van der Waals surface area contributed by atoms with E-state index < -0.39 is 5.97 Å². The van der Waals surface area contributed by atoms with Gasteiger partial charge in [-0.1, -0.05) is 31.4 Å². The fourth-order valence-corrected chi connectivity index (χ4v) is 4.20. The number of carbonyl (C=O) groups is 1. The maximum Gasteiger partial charge on any atom is 0.317 e. The van der Waals surface area contributed by atoms with E-state index in [2.05, 4.69) is 15.9 Å². The van der Waals surface area contributed by atoms with Crippen LogP contribution in [0.2, 0.25) is 0 Å². The van der Waals surface area contributed by atoms with Gasteiger partial charge in [-0.3, -0.25) is 4.79 Å². The summed E-state index contributed by atoms with van der Waals surface area (Å²) in [4.78, 5) is 12.5. The second kappa shape index (κ2) is 6.62. The Morgan fingerprint density at radius 3 is 2.56 bits per heavy atom. The van der Waals surface area contributed by atoms with E-state index >= 15 is 0 Å². The number of aliphatic carboxylic acids is 1. The number of halogens is 1. The van der Waals surface area contributed by atoms with E-state index in [1.54, 1.807) is 0 Å². The highest BCUT2D eigenvalue weighted by molar-refractivity contribution is 9.10. The first kappa shape index (κ1) is 13.9. The van der Waals surface area contributed by atoms with Gasteiger partial charge in [-0.15, -0.1) is 11.8 Å². The fraction of sp³-hybridized carbons (Fsp3) is 0.500. The van der Waals surface area contributed by atoms with E-state index in [0.29, 0.717) is 5.92 Å². The quantitative estimate of drug-likeness (QED) is 0.822. The molecule has 1 unspecified atom stereocenters. The van der Waals surface area contributed by atoms with Gasteiger partial charge in [-0.05, 0) is 46.8 Å². The molecule has 0 spiro atoms. The summed E-state index contributed by atoms with van der Waals surface area (Å²) in [5.74, 6) is -0.365. The first-order valence-corrected chi connectivity index (χ1v) is 8.00. The van der Waals surface area contributed by atoms with Crippen LogP contribution in [0.1, 0.15) is 32.1 Å². The van der Waals surface area contributed by atoms with Crippen LogP contribution in [0.4, 0.5) is 0 Å². The third-order valence-corrected chi connectivity index (χ3v) is 5.82. The van der Waals surface area contributed by atoms with E-state index in [4.69, 9.17) is 0 Å². The van der Waals surface area contributed by atoms with Crippen molar-refractivity contribution < 1.29 is 9.90 Å². The molecule has 1 aromatic carbocycles. The van der Waals surface area contributed by atoms with Crippen molar-refractivity contribution >= 4 is 33.7 Å². The number of hydrogen-bond acceptors (Lipinski definition) is 2. The molecule has 0 aliphatic heterocycles. The summed E-state index contributed by atoms with van der Waals surface area (Å²) in [6.45, 7) is 0. The van der Waals surface area contributed by atoms with Gasteiger partial charge in [0.05, 0.1) is 0 Å². The summed E-state index contributed by atoms with van der Waals surface area (Å²) >= 11 is 4.97. The first-order valence-electron chi connectivity index (χ1n) is 6.32. The molecule has 1 atom stereocenters. The predicted octanol–water partition coefficient (Wildman–Crippen LogP) is 4.57. The van der Waals surface area contributed by atoms with Crippen molar-refractivity contribution in [3.8, 4) is 0 Å². The lowest BCUT2D eigenvalue weighted by Crippen LogP contribution is -2.28. The molecule has 18 heavy (non-hydrogen) atoms. The van der Waals surface area contributed by atoms with E-state index in [1.807, 2.05) is 24.3 Å². The number of rotatable bonds is 4. The van der Waals surface area contributed by atoms with Crippen molar-refractivity contribution in [2.45, 2.75) is 42.2 Å². The van der Waals surface area contributed by atoms with Crippen LogP contribution in [0.15, 0.2) is 33.6 Å². The fourth-order valence-electron chi connectivity index (χ4n) is 2.46. The monoisotopic (exact) mass is 328 g/mol. The minimum Gasteiger partial charge on any atom is -0.480 e. The molecule has 1 N–H and O–H groups in total. The number of hydrogen-bond donors (Lipinski definition) is 1. The zero-order valence-corrected chi connectivity index (χ0v) is 12.5. The number of thioether (sulfide) groups is 1. The van der Waals surface area contributed by atoms with Gasteiger partial charge in [0.15, 0.2) is 0 Å². The lowest BCUT2D eigenvalue weighted by molar-refractivity contribution is -0.137. The average Bonchev–Trinajstić information content (AvgIpc) is 2.38. The minimum atomic E-state index is -0.678. The topological polar surface area (TPSA) is 37.3 Å². The second-order valence-corrected chi connectivity index (χ2v) is 6.74. The summed E-state index contributed by atoms with van der Waals surface area (Å²) < 4.78 is 0.983. The Bertz CT molecular complexity index is 416. The zero-order chi connectivity index (χ0) is 13.0. The molecule has 0 radical (unpaired) electrons. The van der Waals surface area contributed by atoms with Crippen molar-refractivity contribution in [3.05, 3.63) is 28.7 Å². The van der Waals surface area contributed by atoms with Crippen LogP contribution in [0, 0.1) is 5.92 Å². The SMILES string of the molecule is O=C(O)C(Sc1ccccc1Br)C1CCCCC1. The Morgan fingerprint density at radius 1 is 1.28 bits per heavy atom. The molecule has 1 aliphatic rings. The number of carboxylic acid groups (broad SMARTS) is 1. The standard InChI is InChI=1S/C14H17BrO2S/c15-11-8-4-5-9-12(11)18-13(14(16)17)10-6-2-1-3-7-10/h4-5,8-10,13H,1-3,6-7H2,(H,16,17). The van der Waals surface area contributed by atoms with Crippen LogP contribution < -0.4 is 0 Å². The van der Waals surface area contributed by atoms with Gasteiger partial charge in [0.1, 0.15) is 5.25 Å². The summed E-state index contributed by atoms with van der Waals surface area (Å²) in [6, 6.07) is 7.84. The second-order valence-electron chi connectivity index (χ2n) is 4.71. The molecule has 0 saturated heterocycles. The predicted molar refractivity (Wildman–Crippen MR) is 78.0 cm³/mol. The molecule has 2 rings (SSSR count). The van der Waals surface area contributed by atoms with Gasteiger partial charge in [0.2, 0.25) is 0 Å². The smallest absolute Gasteiger partial charge is 0.317 e. The van der Waals surface area contributed by atoms with Gasteiger partial charge < -0.3 is 5.11 Å². The van der Waals surface area contributed by atoms with E-state index in [0.717, 1.165) is 22.2 Å². The van der Waals surface area contributed by atoms with E-state index in [-0.39, 0.29) is 5.25 Å². The lowest BCUT2D eigenvalue weighted by Gasteiger charge is -2.27. The van der Waals surface area contributed by atoms with Crippen LogP contribution in [0.5, 0.6) is 0 Å². The van der Waals surface area contributed by atoms with Gasteiger partial charge in [0, 0.05) is 9.37 Å². The van der Waals surface area contributed by atoms with Gasteiger partial charge >= 0.3 is 5.97 Å². The molecular formula is C14H17BrO2S. The Balaban J connectivity index is 2.11. The Morgan fingerprint density at radius 2 is 1.94 bits per heavy atom. The normalized spacial score (nSPS) is 18.5. The summed E-state index contributed by atoms with van der Waals surface area (Å²) in [7, 11) is 0. The zero-order valence-electron chi connectivity index (χ0n) is 10.1. The van der Waals surface area contributed by atoms with Crippen LogP contribution in [-0.4, -0.2) is 16.3 Å². The molecule has 1 aliphatic carbocycles. The minimum absolute atomic E-state index is 0.313. The molecule has 1 aromatic rings. The Hall–Kier alpha value is -0.480. The molecule has 1 fully saturated rings. The van der Waals surface area contributed by atoms with Crippen LogP contribution >= 0.6 is 27.7 Å². The average molecular weight is 329 g/mol. The molecule has 0 amide bonds. The van der Waals surface area contributed by atoms with Gasteiger partial charge in [-0.2, -0.15) is 0 Å². The van der Waals surface area contributed by atoms with Crippen molar-refractivity contribution in [1.82, 2.24) is 0 Å². The third-order valence-electron chi connectivity index (χ3n) is 3.41. The van der Waals surface area contributed by atoms with Crippen molar-refractivity contribution in [2.75, 3.05) is 0 Å². The lowest BCUT2D eigenvalue weighted by atomic mass is 9.87. The highest BCUT2D eigenvalue weighted by Crippen LogP contribution is 2.38. The summed E-state index contributed by atoms with van der Waals surface area (Å²) in [6.07, 6.45) is 5.70. The van der Waals surface area contributed by atoms with Crippen molar-refractivity contribution in [1.29, 1.82) is 0 Å². The van der Waals surface area contributed by atoms with Gasteiger partial charge in [0.25, 0.3) is 0 Å². The Kier molecular flexibility index (Phi) is 5.13. The van der Waals surface area contributed by atoms with Crippen LogP contribution in [-0.2, 0) is 4.79 Å². The Labute approximate surface area is 120 Å². The molecular weight excluding hydrogens is 312 g/mol. The largest absolute Gasteiger partial charge is 0.480 e. The number of benzene rings is 1. The van der Waals surface area contributed by atoms with Gasteiger partial charge in [-0.25, -0.2) is 0 Å². The van der Waals surface area contributed by atoms with Crippen LogP contribution in [0.25, 0.3) is 0 Å². The molecule has 0 aromatic heterocycles. The molecule has 98 valence electrons. The molecule has 0 heterocycles. The highest BCUT2D eigenvalue weighted by Gasteiger charge is 2.30.